The summed E-state index contributed by atoms with van der Waals surface area (Å²) < 4.78 is 10.3. The van der Waals surface area contributed by atoms with Crippen molar-refractivity contribution in [2.45, 2.75) is 13.8 Å². The largest absolute Gasteiger partial charge is 0.493 e. The van der Waals surface area contributed by atoms with Gasteiger partial charge < -0.3 is 9.47 Å². The Morgan fingerprint density at radius 1 is 0.833 bits per heavy atom. The zero-order valence-electron chi connectivity index (χ0n) is 14.1. The second kappa shape index (κ2) is 7.50. The minimum atomic E-state index is -0.450. The minimum Gasteiger partial charge on any atom is -0.493 e. The minimum absolute atomic E-state index is 0.341. The first-order valence-corrected chi connectivity index (χ1v) is 7.36. The third-order valence-electron chi connectivity index (χ3n) is 3.56. The summed E-state index contributed by atoms with van der Waals surface area (Å²) in [5.41, 5.74) is 7.56. The smallest absolute Gasteiger partial charge is 0.269 e. The molecule has 2 rings (SSSR count). The monoisotopic (exact) mass is 328 g/mol. The topological polar surface area (TPSA) is 76.7 Å². The SMILES string of the molecule is COc1ccc(C(=O)NNC(=O)c2ccc(C)cc2C)cc1OC. The lowest BCUT2D eigenvalue weighted by atomic mass is 10.1. The van der Waals surface area contributed by atoms with Crippen LogP contribution in [0.2, 0.25) is 0 Å². The third kappa shape index (κ3) is 3.84. The maximum atomic E-state index is 12.2. The van der Waals surface area contributed by atoms with Crippen molar-refractivity contribution in [3.05, 3.63) is 58.7 Å². The van der Waals surface area contributed by atoms with Crippen LogP contribution in [-0.2, 0) is 0 Å². The van der Waals surface area contributed by atoms with Gasteiger partial charge in [0.25, 0.3) is 11.8 Å². The number of rotatable bonds is 4. The highest BCUT2D eigenvalue weighted by Crippen LogP contribution is 2.27. The molecule has 2 N–H and O–H groups in total. The number of hydrogen-bond acceptors (Lipinski definition) is 4. The van der Waals surface area contributed by atoms with Gasteiger partial charge >= 0.3 is 0 Å². The fraction of sp³-hybridized carbons (Fsp3) is 0.222. The molecule has 2 aromatic rings. The molecular formula is C18H20N2O4. The molecule has 0 aliphatic rings. The third-order valence-corrected chi connectivity index (χ3v) is 3.56. The quantitative estimate of drug-likeness (QED) is 0.845. The van der Waals surface area contributed by atoms with E-state index in [9.17, 15) is 9.59 Å². The van der Waals surface area contributed by atoms with Crippen molar-refractivity contribution in [2.75, 3.05) is 14.2 Å². The average molecular weight is 328 g/mol. The van der Waals surface area contributed by atoms with E-state index in [4.69, 9.17) is 9.47 Å². The lowest BCUT2D eigenvalue weighted by Gasteiger charge is -2.11. The molecule has 126 valence electrons. The van der Waals surface area contributed by atoms with Crippen molar-refractivity contribution in [2.24, 2.45) is 0 Å². The summed E-state index contributed by atoms with van der Waals surface area (Å²) in [7, 11) is 3.00. The number of nitrogens with one attached hydrogen (secondary N) is 2. The zero-order chi connectivity index (χ0) is 17.7. The summed E-state index contributed by atoms with van der Waals surface area (Å²) in [5, 5.41) is 0. The molecule has 0 aliphatic carbocycles. The van der Waals surface area contributed by atoms with Crippen LogP contribution in [0.3, 0.4) is 0 Å². The number of hydrazine groups is 1. The van der Waals surface area contributed by atoms with Gasteiger partial charge in [0.1, 0.15) is 0 Å². The van der Waals surface area contributed by atoms with E-state index in [1.165, 1.54) is 20.3 Å². The molecule has 2 aromatic carbocycles. The van der Waals surface area contributed by atoms with Crippen molar-refractivity contribution in [3.8, 4) is 11.5 Å². The number of benzene rings is 2. The number of amides is 2. The Hall–Kier alpha value is -3.02. The molecule has 6 heteroatoms. The van der Waals surface area contributed by atoms with Crippen LogP contribution >= 0.6 is 0 Å². The molecule has 2 amide bonds. The van der Waals surface area contributed by atoms with Crippen LogP contribution in [0.5, 0.6) is 11.5 Å². The predicted octanol–water partition coefficient (Wildman–Crippen LogP) is 2.40. The second-order valence-corrected chi connectivity index (χ2v) is 5.30. The first-order valence-electron chi connectivity index (χ1n) is 7.36. The first-order chi connectivity index (χ1) is 11.5. The van der Waals surface area contributed by atoms with Gasteiger partial charge in [-0.15, -0.1) is 0 Å². The zero-order valence-corrected chi connectivity index (χ0v) is 14.1. The molecule has 0 radical (unpaired) electrons. The van der Waals surface area contributed by atoms with Gasteiger partial charge in [-0.25, -0.2) is 0 Å². The van der Waals surface area contributed by atoms with Gasteiger partial charge in [-0.2, -0.15) is 0 Å². The van der Waals surface area contributed by atoms with Crippen molar-refractivity contribution < 1.29 is 19.1 Å². The van der Waals surface area contributed by atoms with Gasteiger partial charge in [-0.1, -0.05) is 17.7 Å². The number of carbonyl (C=O) groups is 2. The van der Waals surface area contributed by atoms with Crippen LogP contribution in [0.25, 0.3) is 0 Å². The first kappa shape index (κ1) is 17.3. The van der Waals surface area contributed by atoms with E-state index < -0.39 is 5.91 Å². The molecule has 0 unspecified atom stereocenters. The molecule has 0 heterocycles. The molecule has 24 heavy (non-hydrogen) atoms. The van der Waals surface area contributed by atoms with Gasteiger partial charge in [-0.05, 0) is 43.7 Å². The van der Waals surface area contributed by atoms with E-state index in [0.29, 0.717) is 22.6 Å². The number of ether oxygens (including phenoxy) is 2. The Bertz CT molecular complexity index is 772. The summed E-state index contributed by atoms with van der Waals surface area (Å²) >= 11 is 0. The maximum Gasteiger partial charge on any atom is 0.269 e. The number of methoxy groups -OCH3 is 2. The van der Waals surface area contributed by atoms with Gasteiger partial charge in [0.15, 0.2) is 11.5 Å². The lowest BCUT2D eigenvalue weighted by Crippen LogP contribution is -2.41. The summed E-state index contributed by atoms with van der Waals surface area (Å²) in [6.45, 7) is 3.80. The number of hydrogen-bond donors (Lipinski definition) is 2. The molecule has 0 saturated carbocycles. The molecule has 0 saturated heterocycles. The van der Waals surface area contributed by atoms with Crippen LogP contribution in [0.1, 0.15) is 31.8 Å². The van der Waals surface area contributed by atoms with Crippen LogP contribution in [0.15, 0.2) is 36.4 Å². The normalized spacial score (nSPS) is 10.0. The van der Waals surface area contributed by atoms with Gasteiger partial charge in [0, 0.05) is 11.1 Å². The van der Waals surface area contributed by atoms with Crippen molar-refractivity contribution in [3.63, 3.8) is 0 Å². The van der Waals surface area contributed by atoms with Gasteiger partial charge in [0.05, 0.1) is 14.2 Å². The number of carbonyl (C=O) groups excluding carboxylic acids is 2. The van der Waals surface area contributed by atoms with E-state index in [1.54, 1.807) is 18.2 Å². The second-order valence-electron chi connectivity index (χ2n) is 5.30. The van der Waals surface area contributed by atoms with Gasteiger partial charge in [0.2, 0.25) is 0 Å². The fourth-order valence-corrected chi connectivity index (χ4v) is 2.30. The fourth-order valence-electron chi connectivity index (χ4n) is 2.30. The molecule has 0 fully saturated rings. The summed E-state index contributed by atoms with van der Waals surface area (Å²) in [5.74, 6) is 0.134. The molecule has 0 atom stereocenters. The predicted molar refractivity (Wildman–Crippen MR) is 90.4 cm³/mol. The Kier molecular flexibility index (Phi) is 5.42. The molecule has 0 spiro atoms. The van der Waals surface area contributed by atoms with E-state index in [2.05, 4.69) is 10.9 Å². The highest BCUT2D eigenvalue weighted by molar-refractivity contribution is 6.00. The van der Waals surface area contributed by atoms with E-state index >= 15 is 0 Å². The van der Waals surface area contributed by atoms with Crippen LogP contribution in [0, 0.1) is 13.8 Å². The Morgan fingerprint density at radius 2 is 1.50 bits per heavy atom. The van der Waals surface area contributed by atoms with E-state index in [0.717, 1.165) is 11.1 Å². The molecule has 0 aromatic heterocycles. The Labute approximate surface area is 140 Å². The summed E-state index contributed by atoms with van der Waals surface area (Å²) in [6, 6.07) is 10.2. The molecule has 6 nitrogen and oxygen atoms in total. The lowest BCUT2D eigenvalue weighted by molar-refractivity contribution is 0.0846. The van der Waals surface area contributed by atoms with Gasteiger partial charge in [-0.3, -0.25) is 20.4 Å². The summed E-state index contributed by atoms with van der Waals surface area (Å²) in [6.07, 6.45) is 0. The molecule has 0 aliphatic heterocycles. The average Bonchev–Trinajstić information content (AvgIpc) is 2.58. The maximum absolute atomic E-state index is 12.2. The van der Waals surface area contributed by atoms with Crippen molar-refractivity contribution in [1.29, 1.82) is 0 Å². The Morgan fingerprint density at radius 3 is 2.12 bits per heavy atom. The molecular weight excluding hydrogens is 308 g/mol. The van der Waals surface area contributed by atoms with Crippen molar-refractivity contribution >= 4 is 11.8 Å². The summed E-state index contributed by atoms with van der Waals surface area (Å²) in [4.78, 5) is 24.3. The number of aryl methyl sites for hydroxylation is 2. The van der Waals surface area contributed by atoms with Crippen LogP contribution in [0.4, 0.5) is 0 Å². The van der Waals surface area contributed by atoms with Crippen molar-refractivity contribution in [1.82, 2.24) is 10.9 Å². The van der Waals surface area contributed by atoms with E-state index in [-0.39, 0.29) is 5.91 Å². The highest BCUT2D eigenvalue weighted by Gasteiger charge is 2.13. The Balaban J connectivity index is 2.06. The standard InChI is InChI=1S/C18H20N2O4/c1-11-5-7-14(12(2)9-11)18(22)20-19-17(21)13-6-8-15(23-3)16(10-13)24-4/h5-10H,1-4H3,(H,19,21)(H,20,22). The molecule has 0 bridgehead atoms. The van der Waals surface area contributed by atoms with Crippen LogP contribution < -0.4 is 20.3 Å². The van der Waals surface area contributed by atoms with E-state index in [1.807, 2.05) is 26.0 Å². The highest BCUT2D eigenvalue weighted by atomic mass is 16.5. The van der Waals surface area contributed by atoms with Crippen LogP contribution in [-0.4, -0.2) is 26.0 Å².